The van der Waals surface area contributed by atoms with E-state index in [0.717, 1.165) is 28.8 Å². The zero-order chi connectivity index (χ0) is 16.4. The second-order valence-corrected chi connectivity index (χ2v) is 6.60. The lowest BCUT2D eigenvalue weighted by molar-refractivity contribution is 0.221. The van der Waals surface area contributed by atoms with Gasteiger partial charge in [0.2, 0.25) is 0 Å². The van der Waals surface area contributed by atoms with Crippen molar-refractivity contribution in [1.82, 2.24) is 9.47 Å². The third kappa shape index (κ3) is 3.25. The van der Waals surface area contributed by atoms with E-state index in [1.54, 1.807) is 6.26 Å². The summed E-state index contributed by atoms with van der Waals surface area (Å²) in [7, 11) is 2.07. The van der Waals surface area contributed by atoms with Crippen LogP contribution in [0.3, 0.4) is 0 Å². The quantitative estimate of drug-likeness (QED) is 0.662. The summed E-state index contributed by atoms with van der Waals surface area (Å²) in [5, 5.41) is 1.10. The number of aromatic nitrogens is 1. The Morgan fingerprint density at radius 2 is 1.92 bits per heavy atom. The van der Waals surface area contributed by atoms with Crippen molar-refractivity contribution in [3.8, 4) is 11.8 Å². The molecule has 1 aromatic carbocycles. The molecule has 0 spiro atoms. The van der Waals surface area contributed by atoms with Crippen LogP contribution in [0.15, 0.2) is 47.2 Å². The van der Waals surface area contributed by atoms with Gasteiger partial charge >= 0.3 is 0 Å². The minimum absolute atomic E-state index is 0.906. The molecule has 3 nitrogen and oxygen atoms in total. The van der Waals surface area contributed by atoms with Crippen molar-refractivity contribution < 1.29 is 4.42 Å². The maximum absolute atomic E-state index is 5.37. The third-order valence-electron chi connectivity index (χ3n) is 4.70. The number of likely N-dealkylation sites (tertiary alicyclic amines) is 1. The van der Waals surface area contributed by atoms with Crippen LogP contribution in [0, 0.1) is 11.8 Å². The second kappa shape index (κ2) is 6.59. The van der Waals surface area contributed by atoms with Crippen LogP contribution in [0.5, 0.6) is 0 Å². The predicted octanol–water partition coefficient (Wildman–Crippen LogP) is 4.16. The molecule has 0 aliphatic carbocycles. The van der Waals surface area contributed by atoms with E-state index in [1.807, 2.05) is 18.2 Å². The number of rotatable bonds is 2. The van der Waals surface area contributed by atoms with E-state index in [9.17, 15) is 0 Å². The van der Waals surface area contributed by atoms with Crippen LogP contribution in [0.2, 0.25) is 0 Å². The highest BCUT2D eigenvalue weighted by Gasteiger charge is 2.11. The van der Waals surface area contributed by atoms with Crippen LogP contribution in [-0.2, 0) is 13.6 Å². The fraction of sp³-hybridized carbons (Fsp3) is 0.333. The Bertz CT molecular complexity index is 901. The summed E-state index contributed by atoms with van der Waals surface area (Å²) in [6.07, 6.45) is 7.96. The van der Waals surface area contributed by atoms with Gasteiger partial charge in [0, 0.05) is 30.7 Å². The second-order valence-electron chi connectivity index (χ2n) is 6.60. The van der Waals surface area contributed by atoms with E-state index >= 15 is 0 Å². The van der Waals surface area contributed by atoms with E-state index in [2.05, 4.69) is 46.7 Å². The van der Waals surface area contributed by atoms with Crippen molar-refractivity contribution in [3.05, 3.63) is 59.6 Å². The van der Waals surface area contributed by atoms with Gasteiger partial charge in [-0.1, -0.05) is 12.3 Å². The predicted molar refractivity (Wildman–Crippen MR) is 96.7 cm³/mol. The normalized spacial score (nSPS) is 15.4. The molecule has 3 aromatic rings. The summed E-state index contributed by atoms with van der Waals surface area (Å²) in [6.45, 7) is 3.48. The minimum atomic E-state index is 0.906. The summed E-state index contributed by atoms with van der Waals surface area (Å²) in [5.74, 6) is 6.58. The van der Waals surface area contributed by atoms with Gasteiger partial charge in [-0.05, 0) is 67.7 Å². The van der Waals surface area contributed by atoms with E-state index in [0.29, 0.717) is 0 Å². The SMILES string of the molecule is Cn1cc(CN2CCCCC2)cc1C#Cc1ccc2occc2c1. The monoisotopic (exact) mass is 318 g/mol. The lowest BCUT2D eigenvalue weighted by Crippen LogP contribution is -2.28. The first-order valence-corrected chi connectivity index (χ1v) is 8.65. The van der Waals surface area contributed by atoms with Crippen molar-refractivity contribution in [2.45, 2.75) is 25.8 Å². The molecule has 0 bridgehead atoms. The van der Waals surface area contributed by atoms with Gasteiger partial charge in [0.05, 0.1) is 12.0 Å². The number of hydrogen-bond acceptors (Lipinski definition) is 2. The number of nitrogens with zero attached hydrogens (tertiary/aromatic N) is 2. The van der Waals surface area contributed by atoms with Crippen molar-refractivity contribution in [2.24, 2.45) is 7.05 Å². The van der Waals surface area contributed by atoms with Crippen LogP contribution in [0.25, 0.3) is 11.0 Å². The zero-order valence-corrected chi connectivity index (χ0v) is 14.1. The Balaban J connectivity index is 1.52. The van der Waals surface area contributed by atoms with Gasteiger partial charge in [-0.3, -0.25) is 4.90 Å². The number of furan rings is 1. The average molecular weight is 318 g/mol. The molecule has 3 heteroatoms. The number of hydrogen-bond donors (Lipinski definition) is 0. The number of piperidine rings is 1. The largest absolute Gasteiger partial charge is 0.464 e. The van der Waals surface area contributed by atoms with Gasteiger partial charge in [0.15, 0.2) is 0 Å². The molecule has 1 aliphatic heterocycles. The Labute approximate surface area is 142 Å². The molecule has 3 heterocycles. The first-order valence-electron chi connectivity index (χ1n) is 8.65. The molecule has 0 radical (unpaired) electrons. The summed E-state index contributed by atoms with van der Waals surface area (Å²) >= 11 is 0. The van der Waals surface area contributed by atoms with Crippen LogP contribution < -0.4 is 0 Å². The highest BCUT2D eigenvalue weighted by atomic mass is 16.3. The Morgan fingerprint density at radius 3 is 2.79 bits per heavy atom. The van der Waals surface area contributed by atoms with E-state index in [4.69, 9.17) is 4.42 Å². The lowest BCUT2D eigenvalue weighted by atomic mass is 10.1. The van der Waals surface area contributed by atoms with E-state index in [-0.39, 0.29) is 0 Å². The molecule has 0 saturated carbocycles. The zero-order valence-electron chi connectivity index (χ0n) is 14.1. The topological polar surface area (TPSA) is 21.3 Å². The molecular weight excluding hydrogens is 296 g/mol. The fourth-order valence-electron chi connectivity index (χ4n) is 3.40. The number of fused-ring (bicyclic) bond motifs is 1. The Kier molecular flexibility index (Phi) is 4.15. The maximum Gasteiger partial charge on any atom is 0.133 e. The summed E-state index contributed by atoms with van der Waals surface area (Å²) < 4.78 is 7.50. The van der Waals surface area contributed by atoms with Gasteiger partial charge in [0.25, 0.3) is 0 Å². The van der Waals surface area contributed by atoms with Gasteiger partial charge in [-0.15, -0.1) is 0 Å². The standard InChI is InChI=1S/C21H22N2O/c1-22-15-18(16-23-10-3-2-4-11-23)14-20(22)7-5-17-6-8-21-19(13-17)9-12-24-21/h6,8-9,12-15H,2-4,10-11,16H2,1H3. The fourth-order valence-corrected chi connectivity index (χ4v) is 3.40. The van der Waals surface area contributed by atoms with Crippen molar-refractivity contribution in [1.29, 1.82) is 0 Å². The molecular formula is C21H22N2O. The summed E-state index contributed by atoms with van der Waals surface area (Å²) in [5.41, 5.74) is 4.34. The lowest BCUT2D eigenvalue weighted by Gasteiger charge is -2.25. The van der Waals surface area contributed by atoms with Gasteiger partial charge in [-0.25, -0.2) is 0 Å². The smallest absolute Gasteiger partial charge is 0.133 e. The van der Waals surface area contributed by atoms with E-state index in [1.165, 1.54) is 37.9 Å². The molecule has 0 amide bonds. The molecule has 24 heavy (non-hydrogen) atoms. The first kappa shape index (κ1) is 15.1. The molecule has 1 saturated heterocycles. The first-order chi connectivity index (χ1) is 11.8. The molecule has 122 valence electrons. The maximum atomic E-state index is 5.37. The van der Waals surface area contributed by atoms with E-state index < -0.39 is 0 Å². The average Bonchev–Trinajstić information content (AvgIpc) is 3.19. The summed E-state index contributed by atoms with van der Waals surface area (Å²) in [6, 6.07) is 10.3. The molecule has 4 rings (SSSR count). The van der Waals surface area contributed by atoms with Crippen LogP contribution >= 0.6 is 0 Å². The van der Waals surface area contributed by atoms with Crippen LogP contribution in [-0.4, -0.2) is 22.6 Å². The van der Waals surface area contributed by atoms with Crippen molar-refractivity contribution in [3.63, 3.8) is 0 Å². The number of benzene rings is 1. The third-order valence-corrected chi connectivity index (χ3v) is 4.70. The van der Waals surface area contributed by atoms with Gasteiger partial charge in [-0.2, -0.15) is 0 Å². The molecule has 1 fully saturated rings. The number of aryl methyl sites for hydroxylation is 1. The molecule has 2 aromatic heterocycles. The highest BCUT2D eigenvalue weighted by molar-refractivity contribution is 5.78. The van der Waals surface area contributed by atoms with Crippen molar-refractivity contribution in [2.75, 3.05) is 13.1 Å². The molecule has 0 unspecified atom stereocenters. The highest BCUT2D eigenvalue weighted by Crippen LogP contribution is 2.17. The van der Waals surface area contributed by atoms with Gasteiger partial charge in [0.1, 0.15) is 5.58 Å². The van der Waals surface area contributed by atoms with Gasteiger partial charge < -0.3 is 8.98 Å². The van der Waals surface area contributed by atoms with Crippen molar-refractivity contribution >= 4 is 11.0 Å². The molecule has 1 aliphatic rings. The molecule has 0 atom stereocenters. The minimum Gasteiger partial charge on any atom is -0.464 e. The van der Waals surface area contributed by atoms with Crippen LogP contribution in [0.1, 0.15) is 36.1 Å². The summed E-state index contributed by atoms with van der Waals surface area (Å²) in [4.78, 5) is 2.54. The van der Waals surface area contributed by atoms with Crippen LogP contribution in [0.4, 0.5) is 0 Å². The Morgan fingerprint density at radius 1 is 1.04 bits per heavy atom. The molecule has 0 N–H and O–H groups in total. The Hall–Kier alpha value is -2.44.